The van der Waals surface area contributed by atoms with E-state index in [-0.39, 0.29) is 17.3 Å². The first-order chi connectivity index (χ1) is 8.64. The molecule has 0 amide bonds. The Hall–Kier alpha value is -0.0600. The second-order valence-electron chi connectivity index (χ2n) is 5.17. The summed E-state index contributed by atoms with van der Waals surface area (Å²) in [5, 5.41) is 0. The van der Waals surface area contributed by atoms with E-state index in [4.69, 9.17) is 4.74 Å². The van der Waals surface area contributed by atoms with Crippen molar-refractivity contribution >= 4 is 28.6 Å². The monoisotopic (exact) mass is 364 g/mol. The maximum atomic E-state index is 11.9. The van der Waals surface area contributed by atoms with Gasteiger partial charge in [0.05, 0.1) is 12.5 Å². The Morgan fingerprint density at radius 2 is 2.11 bits per heavy atom. The van der Waals surface area contributed by atoms with Crippen LogP contribution in [0.2, 0.25) is 0 Å². The quantitative estimate of drug-likeness (QED) is 0.198. The van der Waals surface area contributed by atoms with Gasteiger partial charge in [-0.1, -0.05) is 61.3 Å². The minimum Gasteiger partial charge on any atom is -0.466 e. The van der Waals surface area contributed by atoms with E-state index in [1.54, 1.807) is 0 Å². The van der Waals surface area contributed by atoms with Gasteiger partial charge in [0.2, 0.25) is 0 Å². The minimum absolute atomic E-state index is 0.00533. The van der Waals surface area contributed by atoms with Crippen LogP contribution in [0, 0.1) is 11.3 Å². The van der Waals surface area contributed by atoms with Crippen molar-refractivity contribution in [1.82, 2.24) is 0 Å². The van der Waals surface area contributed by atoms with Crippen molar-refractivity contribution in [2.24, 2.45) is 11.3 Å². The first-order valence-corrected chi connectivity index (χ1v) is 8.30. The second kappa shape index (κ2) is 7.51. The Labute approximate surface area is 125 Å². The average Bonchev–Trinajstić information content (AvgIpc) is 2.91. The molecule has 0 bridgehead atoms. The molecule has 0 heterocycles. The summed E-state index contributed by atoms with van der Waals surface area (Å²) in [6.07, 6.45) is 9.08. The maximum absolute atomic E-state index is 11.9. The first kappa shape index (κ1) is 16.0. The zero-order valence-corrected chi connectivity index (χ0v) is 13.7. The highest BCUT2D eigenvalue weighted by Gasteiger charge is 2.66. The van der Waals surface area contributed by atoms with Gasteiger partial charge in [-0.05, 0) is 19.8 Å². The molecule has 0 radical (unpaired) electrons. The van der Waals surface area contributed by atoms with Crippen molar-refractivity contribution in [3.8, 4) is 0 Å². The van der Waals surface area contributed by atoms with Crippen molar-refractivity contribution in [3.05, 3.63) is 12.7 Å². The lowest BCUT2D eigenvalue weighted by molar-refractivity contribution is -0.145. The van der Waals surface area contributed by atoms with Crippen molar-refractivity contribution in [2.75, 3.05) is 6.61 Å². The highest BCUT2D eigenvalue weighted by atomic mass is 127. The summed E-state index contributed by atoms with van der Waals surface area (Å²) < 4.78 is 5.61. The van der Waals surface area contributed by atoms with Crippen LogP contribution in [0.3, 0.4) is 0 Å². The molecule has 1 fully saturated rings. The number of carbonyl (C=O) groups excluding carboxylic acids is 1. The van der Waals surface area contributed by atoms with Crippen molar-refractivity contribution < 1.29 is 9.53 Å². The van der Waals surface area contributed by atoms with Gasteiger partial charge in [0, 0.05) is 9.34 Å². The second-order valence-corrected chi connectivity index (χ2v) is 6.51. The Morgan fingerprint density at radius 3 is 2.67 bits per heavy atom. The molecular weight excluding hydrogens is 339 g/mol. The van der Waals surface area contributed by atoms with E-state index in [0.29, 0.717) is 10.5 Å². The third-order valence-corrected chi connectivity index (χ3v) is 5.87. The number of hydrogen-bond donors (Lipinski definition) is 0. The fourth-order valence-corrected chi connectivity index (χ4v) is 4.57. The number of allylic oxidation sites excluding steroid dienone is 1. The van der Waals surface area contributed by atoms with Gasteiger partial charge in [-0.2, -0.15) is 0 Å². The van der Waals surface area contributed by atoms with Crippen molar-refractivity contribution in [2.45, 2.75) is 56.3 Å². The molecule has 0 aromatic carbocycles. The molecule has 3 heteroatoms. The van der Waals surface area contributed by atoms with Crippen LogP contribution in [0.1, 0.15) is 52.4 Å². The number of unbranched alkanes of at least 4 members (excludes halogenated alkanes) is 3. The van der Waals surface area contributed by atoms with Crippen LogP contribution >= 0.6 is 22.6 Å². The van der Waals surface area contributed by atoms with Gasteiger partial charge in [-0.15, -0.1) is 6.58 Å². The zero-order chi connectivity index (χ0) is 13.6. The number of carbonyl (C=O) groups is 1. The Balaban J connectivity index is 2.54. The molecule has 104 valence electrons. The van der Waals surface area contributed by atoms with Crippen LogP contribution < -0.4 is 0 Å². The lowest BCUT2D eigenvalue weighted by atomic mass is 9.91. The molecule has 1 aliphatic rings. The highest BCUT2D eigenvalue weighted by Crippen LogP contribution is 2.63. The predicted molar refractivity (Wildman–Crippen MR) is 83.9 cm³/mol. The molecule has 0 spiro atoms. The largest absolute Gasteiger partial charge is 0.466 e. The number of halogens is 1. The fourth-order valence-electron chi connectivity index (χ4n) is 2.81. The van der Waals surface area contributed by atoms with Crippen molar-refractivity contribution in [3.63, 3.8) is 0 Å². The number of rotatable bonds is 9. The van der Waals surface area contributed by atoms with E-state index in [0.717, 1.165) is 12.8 Å². The standard InChI is InChI=1S/C15H25IO2/c1-4-7-8-9-11-15(10-5-2)12(13(15)16)14(17)18-6-3/h5,12-13H,2,4,6-11H2,1,3H3/t12-,13+,15+/m1/s1. The average molecular weight is 364 g/mol. The first-order valence-electron chi connectivity index (χ1n) is 7.05. The molecule has 1 aliphatic carbocycles. The summed E-state index contributed by atoms with van der Waals surface area (Å²) in [7, 11) is 0. The summed E-state index contributed by atoms with van der Waals surface area (Å²) in [5.41, 5.74) is 0.141. The van der Waals surface area contributed by atoms with E-state index in [1.165, 1.54) is 25.7 Å². The molecule has 18 heavy (non-hydrogen) atoms. The molecular formula is C15H25IO2. The Morgan fingerprint density at radius 1 is 1.39 bits per heavy atom. The molecule has 0 N–H and O–H groups in total. The molecule has 2 nitrogen and oxygen atoms in total. The van der Waals surface area contributed by atoms with E-state index in [2.05, 4.69) is 36.1 Å². The van der Waals surface area contributed by atoms with E-state index >= 15 is 0 Å². The van der Waals surface area contributed by atoms with Gasteiger partial charge < -0.3 is 4.74 Å². The summed E-state index contributed by atoms with van der Waals surface area (Å²) in [6.45, 7) is 8.43. The molecule has 1 rings (SSSR count). The molecule has 0 aliphatic heterocycles. The van der Waals surface area contributed by atoms with Crippen LogP contribution in [0.25, 0.3) is 0 Å². The summed E-state index contributed by atoms with van der Waals surface area (Å²) in [5.74, 6) is 0.0897. The third-order valence-electron chi connectivity index (χ3n) is 3.91. The van der Waals surface area contributed by atoms with Gasteiger partial charge in [0.1, 0.15) is 0 Å². The van der Waals surface area contributed by atoms with Crippen LogP contribution in [0.15, 0.2) is 12.7 Å². The smallest absolute Gasteiger partial charge is 0.310 e. The lowest BCUT2D eigenvalue weighted by Gasteiger charge is -2.15. The normalized spacial score (nSPS) is 29.9. The lowest BCUT2D eigenvalue weighted by Crippen LogP contribution is -2.13. The molecule has 0 saturated heterocycles. The summed E-state index contributed by atoms with van der Waals surface area (Å²) in [4.78, 5) is 11.9. The van der Waals surface area contributed by atoms with Crippen LogP contribution in [0.5, 0.6) is 0 Å². The number of alkyl halides is 1. The maximum Gasteiger partial charge on any atom is 0.310 e. The fraction of sp³-hybridized carbons (Fsp3) is 0.800. The van der Waals surface area contributed by atoms with Gasteiger partial charge >= 0.3 is 5.97 Å². The number of ether oxygens (including phenoxy) is 1. The zero-order valence-electron chi connectivity index (χ0n) is 11.6. The minimum atomic E-state index is -0.00533. The molecule has 3 atom stereocenters. The molecule has 0 unspecified atom stereocenters. The SMILES string of the molecule is C=CC[C@@]1(CCCCCC)[C@@H](I)[C@@H]1C(=O)OCC. The Bertz CT molecular complexity index is 290. The predicted octanol–water partition coefficient (Wildman–Crippen LogP) is 4.52. The number of hydrogen-bond acceptors (Lipinski definition) is 2. The molecule has 1 saturated carbocycles. The third kappa shape index (κ3) is 3.49. The highest BCUT2D eigenvalue weighted by molar-refractivity contribution is 14.1. The summed E-state index contributed by atoms with van der Waals surface area (Å²) >= 11 is 2.42. The van der Waals surface area contributed by atoms with Gasteiger partial charge in [0.25, 0.3) is 0 Å². The number of esters is 1. The van der Waals surface area contributed by atoms with Crippen LogP contribution in [-0.4, -0.2) is 16.5 Å². The van der Waals surface area contributed by atoms with E-state index in [9.17, 15) is 4.79 Å². The van der Waals surface area contributed by atoms with Gasteiger partial charge in [0.15, 0.2) is 0 Å². The van der Waals surface area contributed by atoms with E-state index < -0.39 is 0 Å². The van der Waals surface area contributed by atoms with E-state index in [1.807, 2.05) is 13.0 Å². The van der Waals surface area contributed by atoms with Crippen LogP contribution in [-0.2, 0) is 9.53 Å². The Kier molecular flexibility index (Phi) is 6.67. The van der Waals surface area contributed by atoms with Crippen LogP contribution in [0.4, 0.5) is 0 Å². The summed E-state index contributed by atoms with van der Waals surface area (Å²) in [6, 6.07) is 0. The molecule has 0 aromatic rings. The van der Waals surface area contributed by atoms with Gasteiger partial charge in [-0.25, -0.2) is 0 Å². The molecule has 0 aromatic heterocycles. The topological polar surface area (TPSA) is 26.3 Å². The van der Waals surface area contributed by atoms with Gasteiger partial charge in [-0.3, -0.25) is 4.79 Å². The van der Waals surface area contributed by atoms with Crippen molar-refractivity contribution in [1.29, 1.82) is 0 Å².